The molecule has 1 aliphatic heterocycles. The number of aliphatic hydroxyl groups is 1. The van der Waals surface area contributed by atoms with Crippen molar-refractivity contribution in [2.45, 2.75) is 19.4 Å². The summed E-state index contributed by atoms with van der Waals surface area (Å²) in [6.07, 6.45) is 0.595. The Morgan fingerprint density at radius 2 is 2.11 bits per heavy atom. The molecule has 2 heterocycles. The Morgan fingerprint density at radius 1 is 1.29 bits per heavy atom. The lowest BCUT2D eigenvalue weighted by molar-refractivity contribution is -0.129. The number of amides is 1. The van der Waals surface area contributed by atoms with Crippen LogP contribution in [0.4, 0.5) is 0 Å². The molecule has 7 heteroatoms. The molecule has 1 N–H and O–H groups in total. The number of ketones is 1. The zero-order valence-electron chi connectivity index (χ0n) is 15.9. The number of rotatable bonds is 9. The molecule has 148 valence electrons. The first-order valence-corrected chi connectivity index (χ1v) is 10.0. The van der Waals surface area contributed by atoms with Crippen molar-refractivity contribution >= 4 is 23.0 Å². The van der Waals surface area contributed by atoms with Gasteiger partial charge in [0.05, 0.1) is 23.1 Å². The summed E-state index contributed by atoms with van der Waals surface area (Å²) < 4.78 is 10.7. The number of thiophene rings is 1. The average Bonchev–Trinajstić information content (AvgIpc) is 3.31. The second-order valence-corrected chi connectivity index (χ2v) is 7.27. The fourth-order valence-corrected chi connectivity index (χ4v) is 4.00. The van der Waals surface area contributed by atoms with Gasteiger partial charge in [-0.1, -0.05) is 18.2 Å². The summed E-state index contributed by atoms with van der Waals surface area (Å²) in [5, 5.41) is 12.4. The zero-order chi connectivity index (χ0) is 20.1. The predicted molar refractivity (Wildman–Crippen MR) is 107 cm³/mol. The van der Waals surface area contributed by atoms with E-state index in [1.54, 1.807) is 24.6 Å². The number of hydrogen-bond acceptors (Lipinski definition) is 6. The van der Waals surface area contributed by atoms with E-state index in [9.17, 15) is 14.7 Å². The number of ether oxygens (including phenoxy) is 2. The van der Waals surface area contributed by atoms with E-state index in [1.165, 1.54) is 16.2 Å². The van der Waals surface area contributed by atoms with Gasteiger partial charge in [-0.3, -0.25) is 9.59 Å². The van der Waals surface area contributed by atoms with Crippen molar-refractivity contribution in [3.05, 3.63) is 63.6 Å². The highest BCUT2D eigenvalue weighted by atomic mass is 32.1. The first-order valence-electron chi connectivity index (χ1n) is 9.12. The number of nitrogens with zero attached hydrogens (tertiary/aromatic N) is 1. The molecule has 0 aliphatic carbocycles. The van der Waals surface area contributed by atoms with Gasteiger partial charge < -0.3 is 19.5 Å². The molecule has 0 spiro atoms. The highest BCUT2D eigenvalue weighted by Crippen LogP contribution is 2.40. The SMILES string of the molecule is CCOc1cccc(C2C(C(=O)c3cccs3)=C(O)C(=O)N2CCCOC)c1. The molecule has 28 heavy (non-hydrogen) atoms. The fraction of sp³-hybridized carbons (Fsp3) is 0.333. The highest BCUT2D eigenvalue weighted by Gasteiger charge is 2.43. The van der Waals surface area contributed by atoms with E-state index < -0.39 is 17.7 Å². The van der Waals surface area contributed by atoms with Crippen LogP contribution in [0.15, 0.2) is 53.1 Å². The monoisotopic (exact) mass is 401 g/mol. The van der Waals surface area contributed by atoms with Gasteiger partial charge in [-0.25, -0.2) is 0 Å². The fourth-order valence-electron chi connectivity index (χ4n) is 3.32. The van der Waals surface area contributed by atoms with Crippen LogP contribution < -0.4 is 4.74 Å². The highest BCUT2D eigenvalue weighted by molar-refractivity contribution is 7.12. The molecule has 2 aromatic rings. The Bertz CT molecular complexity index is 875. The van der Waals surface area contributed by atoms with Gasteiger partial charge in [0.15, 0.2) is 5.76 Å². The lowest BCUT2D eigenvalue weighted by atomic mass is 9.95. The van der Waals surface area contributed by atoms with E-state index in [2.05, 4.69) is 0 Å². The summed E-state index contributed by atoms with van der Waals surface area (Å²) in [4.78, 5) is 27.9. The molecule has 0 saturated carbocycles. The van der Waals surface area contributed by atoms with E-state index in [1.807, 2.05) is 31.2 Å². The molecule has 1 amide bonds. The smallest absolute Gasteiger partial charge is 0.290 e. The Morgan fingerprint density at radius 3 is 2.79 bits per heavy atom. The molecule has 0 fully saturated rings. The van der Waals surface area contributed by atoms with E-state index >= 15 is 0 Å². The van der Waals surface area contributed by atoms with Crippen molar-refractivity contribution in [3.63, 3.8) is 0 Å². The Labute approximate surface area is 168 Å². The molecule has 6 nitrogen and oxygen atoms in total. The summed E-state index contributed by atoms with van der Waals surface area (Å²) in [7, 11) is 1.59. The third-order valence-corrected chi connectivity index (χ3v) is 5.39. The van der Waals surface area contributed by atoms with E-state index in [-0.39, 0.29) is 11.4 Å². The number of carbonyl (C=O) groups excluding carboxylic acids is 2. The van der Waals surface area contributed by atoms with E-state index in [0.29, 0.717) is 36.8 Å². The number of hydrogen-bond donors (Lipinski definition) is 1. The molecule has 1 aromatic heterocycles. The average molecular weight is 401 g/mol. The first kappa shape index (κ1) is 20.1. The molecule has 1 atom stereocenters. The van der Waals surface area contributed by atoms with Crippen molar-refractivity contribution in [1.29, 1.82) is 0 Å². The third-order valence-electron chi connectivity index (χ3n) is 4.53. The van der Waals surface area contributed by atoms with Gasteiger partial charge in [0.1, 0.15) is 5.75 Å². The Hall–Kier alpha value is -2.64. The predicted octanol–water partition coefficient (Wildman–Crippen LogP) is 3.76. The summed E-state index contributed by atoms with van der Waals surface area (Å²) in [6.45, 7) is 3.24. The second kappa shape index (κ2) is 9.03. The maximum Gasteiger partial charge on any atom is 0.290 e. The lowest BCUT2D eigenvalue weighted by Gasteiger charge is -2.27. The van der Waals surface area contributed by atoms with Gasteiger partial charge >= 0.3 is 0 Å². The van der Waals surface area contributed by atoms with Crippen molar-refractivity contribution < 1.29 is 24.2 Å². The zero-order valence-corrected chi connectivity index (χ0v) is 16.7. The Balaban J connectivity index is 2.03. The maximum absolute atomic E-state index is 13.1. The van der Waals surface area contributed by atoms with Crippen LogP contribution in [0.3, 0.4) is 0 Å². The molecule has 0 saturated heterocycles. The summed E-state index contributed by atoms with van der Waals surface area (Å²) in [5.41, 5.74) is 0.833. The van der Waals surface area contributed by atoms with Crippen LogP contribution in [0.2, 0.25) is 0 Å². The topological polar surface area (TPSA) is 76.1 Å². The quantitative estimate of drug-likeness (QED) is 0.511. The van der Waals surface area contributed by atoms with Gasteiger partial charge in [0.2, 0.25) is 5.78 Å². The number of methoxy groups -OCH3 is 1. The molecule has 1 unspecified atom stereocenters. The molecule has 0 bridgehead atoms. The van der Waals surface area contributed by atoms with Gasteiger partial charge in [0.25, 0.3) is 5.91 Å². The van der Waals surface area contributed by atoms with Gasteiger partial charge in [-0.2, -0.15) is 0 Å². The van der Waals surface area contributed by atoms with E-state index in [4.69, 9.17) is 9.47 Å². The van der Waals surface area contributed by atoms with Gasteiger partial charge in [0, 0.05) is 20.3 Å². The number of benzene rings is 1. The van der Waals surface area contributed by atoms with Crippen LogP contribution >= 0.6 is 11.3 Å². The molecule has 1 aromatic carbocycles. The Kier molecular flexibility index (Phi) is 6.49. The van der Waals surface area contributed by atoms with Crippen LogP contribution in [-0.4, -0.2) is 48.6 Å². The first-order chi connectivity index (χ1) is 13.6. The van der Waals surface area contributed by atoms with Crippen LogP contribution in [0.25, 0.3) is 0 Å². The van der Waals surface area contributed by atoms with Crippen molar-refractivity contribution in [2.24, 2.45) is 0 Å². The molecular weight excluding hydrogens is 378 g/mol. The molecule has 0 radical (unpaired) electrons. The van der Waals surface area contributed by atoms with Crippen molar-refractivity contribution in [1.82, 2.24) is 4.90 Å². The largest absolute Gasteiger partial charge is 0.503 e. The summed E-state index contributed by atoms with van der Waals surface area (Å²) >= 11 is 1.28. The van der Waals surface area contributed by atoms with Crippen LogP contribution in [0.5, 0.6) is 5.75 Å². The second-order valence-electron chi connectivity index (χ2n) is 6.32. The van der Waals surface area contributed by atoms with E-state index in [0.717, 1.165) is 5.56 Å². The third kappa shape index (κ3) is 3.95. The number of Topliss-reactive ketones (excluding diaryl/α,β-unsaturated/α-hetero) is 1. The molecule has 3 rings (SSSR count). The molecular formula is C21H23NO5S. The summed E-state index contributed by atoms with van der Waals surface area (Å²) in [6, 6.07) is 10.1. The van der Waals surface area contributed by atoms with Crippen LogP contribution in [0.1, 0.15) is 34.6 Å². The van der Waals surface area contributed by atoms with Crippen LogP contribution in [-0.2, 0) is 9.53 Å². The lowest BCUT2D eigenvalue weighted by Crippen LogP contribution is -2.32. The van der Waals surface area contributed by atoms with Crippen molar-refractivity contribution in [3.8, 4) is 5.75 Å². The standard InChI is InChI=1S/C21H23NO5S/c1-3-27-15-8-4-7-14(13-15)18-17(19(23)16-9-5-12-28-16)20(24)21(25)22(18)10-6-11-26-2/h4-5,7-9,12-13,18,24H,3,6,10-11H2,1-2H3. The minimum Gasteiger partial charge on any atom is -0.503 e. The number of aliphatic hydroxyl groups excluding tert-OH is 1. The van der Waals surface area contributed by atoms with Crippen molar-refractivity contribution in [2.75, 3.05) is 26.9 Å². The maximum atomic E-state index is 13.1. The number of carbonyl (C=O) groups is 2. The summed E-state index contributed by atoms with van der Waals surface area (Å²) in [5.74, 6) is -0.703. The normalized spacial score (nSPS) is 16.7. The van der Waals surface area contributed by atoms with Gasteiger partial charge in [-0.15, -0.1) is 11.3 Å². The minimum atomic E-state index is -0.667. The van der Waals surface area contributed by atoms with Gasteiger partial charge in [-0.05, 0) is 42.5 Å². The molecule has 1 aliphatic rings. The van der Waals surface area contributed by atoms with Crippen LogP contribution in [0, 0.1) is 0 Å². The minimum absolute atomic E-state index is 0.110.